The predicted octanol–water partition coefficient (Wildman–Crippen LogP) is 6.73. The third-order valence-corrected chi connectivity index (χ3v) is 7.91. The average Bonchev–Trinajstić information content (AvgIpc) is 3.07. The van der Waals surface area contributed by atoms with Crippen LogP contribution in [0.4, 0.5) is 0 Å². The smallest absolute Gasteiger partial charge is 0.232 e. The van der Waals surface area contributed by atoms with Crippen molar-refractivity contribution in [2.75, 3.05) is 0 Å². The van der Waals surface area contributed by atoms with Gasteiger partial charge in [-0.2, -0.15) is 0 Å². The topological polar surface area (TPSA) is 39.1 Å². The lowest BCUT2D eigenvalue weighted by atomic mass is 10.1. The van der Waals surface area contributed by atoms with Gasteiger partial charge in [-0.05, 0) is 53.8 Å². The monoisotopic (exact) mass is 577 g/mol. The quantitative estimate of drug-likeness (QED) is 0.252. The van der Waals surface area contributed by atoms with Crippen LogP contribution in [0.2, 0.25) is 0 Å². The summed E-state index contributed by atoms with van der Waals surface area (Å²) in [6, 6.07) is 26.2. The molecule has 29 heavy (non-hydrogen) atoms. The van der Waals surface area contributed by atoms with Crippen molar-refractivity contribution < 1.29 is 8.42 Å². The van der Waals surface area contributed by atoms with Crippen molar-refractivity contribution in [1.82, 2.24) is 3.97 Å². The van der Waals surface area contributed by atoms with Crippen LogP contribution in [0.3, 0.4) is 0 Å². The minimum absolute atomic E-state index is 0.264. The van der Waals surface area contributed by atoms with Gasteiger partial charge in [0, 0.05) is 19.2 Å². The van der Waals surface area contributed by atoms with E-state index in [4.69, 9.17) is 0 Å². The fourth-order valence-corrected chi connectivity index (χ4v) is 6.28. The molecule has 146 valence electrons. The molecule has 0 amide bonds. The summed E-state index contributed by atoms with van der Waals surface area (Å²) in [5, 5.41) is 0. The highest BCUT2D eigenvalue weighted by Gasteiger charge is 2.28. The third-order valence-electron chi connectivity index (χ3n) is 4.67. The molecule has 0 saturated carbocycles. The first-order valence-corrected chi connectivity index (χ1v) is 12.2. The van der Waals surface area contributed by atoms with Crippen molar-refractivity contribution in [2.45, 2.75) is 11.8 Å². The highest BCUT2D eigenvalue weighted by Crippen LogP contribution is 2.39. The van der Waals surface area contributed by atoms with Gasteiger partial charge >= 0.3 is 0 Å². The Morgan fingerprint density at radius 3 is 2.14 bits per heavy atom. The van der Waals surface area contributed by atoms with E-state index in [1.54, 1.807) is 12.1 Å². The number of aromatic nitrogens is 1. The molecule has 0 saturated heterocycles. The molecule has 0 fully saturated rings. The molecule has 6 heteroatoms. The van der Waals surface area contributed by atoms with Gasteiger partial charge in [-0.1, -0.05) is 82.2 Å². The van der Waals surface area contributed by atoms with E-state index in [0.29, 0.717) is 11.4 Å². The highest BCUT2D eigenvalue weighted by atomic mass is 127. The van der Waals surface area contributed by atoms with Crippen LogP contribution in [-0.4, -0.2) is 12.4 Å². The number of hydrogen-bond acceptors (Lipinski definition) is 2. The number of aryl methyl sites for hydroxylation is 1. The summed E-state index contributed by atoms with van der Waals surface area (Å²) in [5.41, 5.74) is 3.98. The van der Waals surface area contributed by atoms with E-state index in [1.165, 1.54) is 3.97 Å². The molecule has 4 rings (SSSR count). The Bertz CT molecular complexity index is 1280. The molecule has 0 atom stereocenters. The van der Waals surface area contributed by atoms with Gasteiger partial charge in [0.05, 0.1) is 16.3 Å². The van der Waals surface area contributed by atoms with Crippen LogP contribution >= 0.6 is 38.5 Å². The maximum absolute atomic E-state index is 13.8. The summed E-state index contributed by atoms with van der Waals surface area (Å²) >= 11 is 5.79. The number of nitrogens with zero attached hydrogens (tertiary/aromatic N) is 1. The second-order valence-corrected chi connectivity index (χ2v) is 10.5. The Kier molecular flexibility index (Phi) is 5.68. The normalized spacial score (nSPS) is 11.6. The van der Waals surface area contributed by atoms with Crippen LogP contribution < -0.4 is 0 Å². The van der Waals surface area contributed by atoms with E-state index in [9.17, 15) is 8.42 Å². The molecular weight excluding hydrogens is 561 g/mol. The SMILES string of the molecule is Cc1ccc(S(=O)(=O)n2c(-c3ccccc3Br)cc(I)c2-c2ccccc2)cc1. The standard InChI is InChI=1S/C23H17BrINO2S/c1-16-11-13-18(14-12-16)29(27,28)26-22(19-9-5-6-10-20(19)24)15-21(25)23(26)17-7-3-2-4-8-17/h2-15H,1H3. The van der Waals surface area contributed by atoms with Crippen LogP contribution in [0.15, 0.2) is 94.3 Å². The minimum Gasteiger partial charge on any atom is -0.232 e. The number of halogens is 2. The lowest BCUT2D eigenvalue weighted by Gasteiger charge is -2.16. The second-order valence-electron chi connectivity index (χ2n) is 6.65. The van der Waals surface area contributed by atoms with E-state index in [1.807, 2.05) is 79.7 Å². The van der Waals surface area contributed by atoms with Gasteiger partial charge < -0.3 is 0 Å². The first-order valence-electron chi connectivity index (χ1n) is 8.93. The van der Waals surface area contributed by atoms with Crippen LogP contribution in [0.1, 0.15) is 5.56 Å². The van der Waals surface area contributed by atoms with E-state index < -0.39 is 10.0 Å². The van der Waals surface area contributed by atoms with Gasteiger partial charge in [0.15, 0.2) is 0 Å². The zero-order valence-electron chi connectivity index (χ0n) is 15.5. The molecule has 0 bridgehead atoms. The fourth-order valence-electron chi connectivity index (χ4n) is 3.24. The molecule has 0 aliphatic heterocycles. The molecule has 0 aliphatic carbocycles. The summed E-state index contributed by atoms with van der Waals surface area (Å²) in [5.74, 6) is 0. The summed E-state index contributed by atoms with van der Waals surface area (Å²) in [7, 11) is -3.82. The van der Waals surface area contributed by atoms with Crippen molar-refractivity contribution in [3.8, 4) is 22.5 Å². The molecule has 1 heterocycles. The Balaban J connectivity index is 2.07. The fraction of sp³-hybridized carbons (Fsp3) is 0.0435. The predicted molar refractivity (Wildman–Crippen MR) is 129 cm³/mol. The van der Waals surface area contributed by atoms with E-state index in [2.05, 4.69) is 38.5 Å². The van der Waals surface area contributed by atoms with Crippen molar-refractivity contribution in [1.29, 1.82) is 0 Å². The van der Waals surface area contributed by atoms with E-state index in [0.717, 1.165) is 24.7 Å². The molecule has 1 aromatic heterocycles. The van der Waals surface area contributed by atoms with Gasteiger partial charge in [-0.3, -0.25) is 0 Å². The van der Waals surface area contributed by atoms with Gasteiger partial charge in [0.1, 0.15) is 0 Å². The molecule has 0 N–H and O–H groups in total. The van der Waals surface area contributed by atoms with Crippen LogP contribution in [-0.2, 0) is 10.0 Å². The van der Waals surface area contributed by atoms with Gasteiger partial charge in [-0.15, -0.1) is 0 Å². The molecule has 0 radical (unpaired) electrons. The first kappa shape index (κ1) is 20.4. The second kappa shape index (κ2) is 8.08. The maximum Gasteiger partial charge on any atom is 0.268 e. The third kappa shape index (κ3) is 3.81. The van der Waals surface area contributed by atoms with Crippen LogP contribution in [0.5, 0.6) is 0 Å². The lowest BCUT2D eigenvalue weighted by molar-refractivity contribution is 0.588. The zero-order chi connectivity index (χ0) is 20.6. The lowest BCUT2D eigenvalue weighted by Crippen LogP contribution is -2.16. The summed E-state index contributed by atoms with van der Waals surface area (Å²) in [6.07, 6.45) is 0. The van der Waals surface area contributed by atoms with Crippen molar-refractivity contribution >= 4 is 48.5 Å². The summed E-state index contributed by atoms with van der Waals surface area (Å²) < 4.78 is 30.8. The molecule has 0 spiro atoms. The minimum atomic E-state index is -3.82. The van der Waals surface area contributed by atoms with Crippen LogP contribution in [0.25, 0.3) is 22.5 Å². The Labute approximate surface area is 192 Å². The Morgan fingerprint density at radius 2 is 1.48 bits per heavy atom. The van der Waals surface area contributed by atoms with Gasteiger partial charge in [0.2, 0.25) is 0 Å². The summed E-state index contributed by atoms with van der Waals surface area (Å²) in [6.45, 7) is 1.94. The van der Waals surface area contributed by atoms with Crippen molar-refractivity contribution in [2.24, 2.45) is 0 Å². The van der Waals surface area contributed by atoms with Crippen molar-refractivity contribution in [3.63, 3.8) is 0 Å². The number of hydrogen-bond donors (Lipinski definition) is 0. The molecule has 0 aliphatic rings. The first-order chi connectivity index (χ1) is 13.9. The molecule has 0 unspecified atom stereocenters. The summed E-state index contributed by atoms with van der Waals surface area (Å²) in [4.78, 5) is 0.264. The van der Waals surface area contributed by atoms with E-state index in [-0.39, 0.29) is 4.90 Å². The van der Waals surface area contributed by atoms with Gasteiger partial charge in [0.25, 0.3) is 10.0 Å². The maximum atomic E-state index is 13.8. The molecule has 3 nitrogen and oxygen atoms in total. The Morgan fingerprint density at radius 1 is 0.862 bits per heavy atom. The molecule has 3 aromatic carbocycles. The van der Waals surface area contributed by atoms with Crippen molar-refractivity contribution in [3.05, 3.63) is 98.5 Å². The van der Waals surface area contributed by atoms with E-state index >= 15 is 0 Å². The highest BCUT2D eigenvalue weighted by molar-refractivity contribution is 14.1. The van der Waals surface area contributed by atoms with Crippen LogP contribution in [0, 0.1) is 10.5 Å². The molecule has 4 aromatic rings. The largest absolute Gasteiger partial charge is 0.268 e. The average molecular weight is 578 g/mol. The Hall–Kier alpha value is -1.90. The number of rotatable bonds is 4. The number of benzene rings is 3. The van der Waals surface area contributed by atoms with Gasteiger partial charge in [-0.25, -0.2) is 12.4 Å². The zero-order valence-corrected chi connectivity index (χ0v) is 20.1. The molecular formula is C23H17BrINO2S.